The third-order valence-electron chi connectivity index (χ3n) is 4.05. The minimum absolute atomic E-state index is 0.0349. The highest BCUT2D eigenvalue weighted by molar-refractivity contribution is 5.78. The standard InChI is InChI=1S/C17H25NO3/c1-13(2)15-8-3-4-9-16(15)21-12-17(20)18-10-6-5-7-14(18)11-19/h3-4,8-9,13-14,19H,5-7,10-12H2,1-2H3. The average molecular weight is 291 g/mol. The number of ether oxygens (including phenoxy) is 1. The molecule has 1 aromatic rings. The lowest BCUT2D eigenvalue weighted by atomic mass is 10.0. The Balaban J connectivity index is 1.97. The van der Waals surface area contributed by atoms with Crippen molar-refractivity contribution in [3.05, 3.63) is 29.8 Å². The van der Waals surface area contributed by atoms with Gasteiger partial charge in [0.1, 0.15) is 5.75 Å². The zero-order valence-corrected chi connectivity index (χ0v) is 12.9. The molecular formula is C17H25NO3. The molecule has 21 heavy (non-hydrogen) atoms. The highest BCUT2D eigenvalue weighted by atomic mass is 16.5. The minimum Gasteiger partial charge on any atom is -0.483 e. The van der Waals surface area contributed by atoms with Crippen LogP contribution in [0.2, 0.25) is 0 Å². The van der Waals surface area contributed by atoms with Crippen LogP contribution in [0.3, 0.4) is 0 Å². The van der Waals surface area contributed by atoms with E-state index in [1.54, 1.807) is 4.90 Å². The quantitative estimate of drug-likeness (QED) is 0.907. The second-order valence-corrected chi connectivity index (χ2v) is 5.90. The predicted octanol–water partition coefficient (Wildman–Crippen LogP) is 2.56. The number of para-hydroxylation sites is 1. The molecule has 0 aliphatic carbocycles. The molecule has 1 heterocycles. The summed E-state index contributed by atoms with van der Waals surface area (Å²) in [5.74, 6) is 1.10. The number of amides is 1. The molecule has 1 unspecified atom stereocenters. The summed E-state index contributed by atoms with van der Waals surface area (Å²) < 4.78 is 5.73. The molecule has 1 atom stereocenters. The molecule has 1 aromatic carbocycles. The maximum absolute atomic E-state index is 12.3. The lowest BCUT2D eigenvalue weighted by Gasteiger charge is -2.34. The molecule has 1 saturated heterocycles. The average Bonchev–Trinajstić information content (AvgIpc) is 2.52. The first-order valence-electron chi connectivity index (χ1n) is 7.75. The maximum atomic E-state index is 12.3. The Morgan fingerprint density at radius 1 is 1.38 bits per heavy atom. The minimum atomic E-state index is -0.0461. The zero-order chi connectivity index (χ0) is 15.2. The van der Waals surface area contributed by atoms with Gasteiger partial charge < -0.3 is 14.7 Å². The molecule has 4 nitrogen and oxygen atoms in total. The Bertz CT molecular complexity index is 473. The van der Waals surface area contributed by atoms with Gasteiger partial charge in [-0.25, -0.2) is 0 Å². The van der Waals surface area contributed by atoms with Crippen LogP contribution in [0.1, 0.15) is 44.6 Å². The van der Waals surface area contributed by atoms with Crippen LogP contribution in [0, 0.1) is 0 Å². The van der Waals surface area contributed by atoms with Gasteiger partial charge in [-0.15, -0.1) is 0 Å². The van der Waals surface area contributed by atoms with E-state index in [2.05, 4.69) is 13.8 Å². The van der Waals surface area contributed by atoms with Crippen molar-refractivity contribution in [2.45, 2.75) is 45.1 Å². The molecule has 1 fully saturated rings. The van der Waals surface area contributed by atoms with E-state index < -0.39 is 0 Å². The fraction of sp³-hybridized carbons (Fsp3) is 0.588. The molecule has 1 aliphatic heterocycles. The van der Waals surface area contributed by atoms with Gasteiger partial charge in [0.15, 0.2) is 6.61 Å². The van der Waals surface area contributed by atoms with Gasteiger partial charge >= 0.3 is 0 Å². The van der Waals surface area contributed by atoms with E-state index in [1.165, 1.54) is 0 Å². The van der Waals surface area contributed by atoms with E-state index in [-0.39, 0.29) is 25.2 Å². The van der Waals surface area contributed by atoms with Gasteiger partial charge in [-0.2, -0.15) is 0 Å². The summed E-state index contributed by atoms with van der Waals surface area (Å²) in [4.78, 5) is 14.1. The Hall–Kier alpha value is -1.55. The number of benzene rings is 1. The number of likely N-dealkylation sites (tertiary alicyclic amines) is 1. The first kappa shape index (κ1) is 15.8. The second kappa shape index (κ2) is 7.46. The highest BCUT2D eigenvalue weighted by Crippen LogP contribution is 2.26. The second-order valence-electron chi connectivity index (χ2n) is 5.90. The predicted molar refractivity (Wildman–Crippen MR) is 82.5 cm³/mol. The monoisotopic (exact) mass is 291 g/mol. The van der Waals surface area contributed by atoms with Gasteiger partial charge in [-0.05, 0) is 36.8 Å². The normalized spacial score (nSPS) is 18.9. The van der Waals surface area contributed by atoms with Gasteiger partial charge in [0.25, 0.3) is 5.91 Å². The molecule has 1 N–H and O–H groups in total. The van der Waals surface area contributed by atoms with Crippen molar-refractivity contribution in [3.8, 4) is 5.75 Å². The van der Waals surface area contributed by atoms with Crippen LogP contribution < -0.4 is 4.74 Å². The molecule has 1 aliphatic rings. The molecule has 0 spiro atoms. The molecule has 0 aromatic heterocycles. The van der Waals surface area contributed by atoms with Gasteiger partial charge in [-0.1, -0.05) is 32.0 Å². The van der Waals surface area contributed by atoms with Crippen LogP contribution in [-0.4, -0.2) is 41.7 Å². The van der Waals surface area contributed by atoms with Crippen molar-refractivity contribution in [1.82, 2.24) is 4.90 Å². The first-order valence-corrected chi connectivity index (χ1v) is 7.75. The third-order valence-corrected chi connectivity index (χ3v) is 4.05. The summed E-state index contributed by atoms with van der Waals surface area (Å²) in [6.45, 7) is 5.01. The number of hydrogen-bond acceptors (Lipinski definition) is 3. The molecule has 0 radical (unpaired) electrons. The van der Waals surface area contributed by atoms with E-state index in [1.807, 2.05) is 24.3 Å². The summed E-state index contributed by atoms with van der Waals surface area (Å²) in [5, 5.41) is 9.38. The molecule has 0 saturated carbocycles. The smallest absolute Gasteiger partial charge is 0.260 e. The largest absolute Gasteiger partial charge is 0.483 e. The number of aliphatic hydroxyl groups is 1. The number of piperidine rings is 1. The molecule has 0 bridgehead atoms. The van der Waals surface area contributed by atoms with E-state index in [0.717, 1.165) is 37.1 Å². The van der Waals surface area contributed by atoms with Crippen molar-refractivity contribution < 1.29 is 14.6 Å². The van der Waals surface area contributed by atoms with E-state index >= 15 is 0 Å². The fourth-order valence-corrected chi connectivity index (χ4v) is 2.83. The van der Waals surface area contributed by atoms with Crippen LogP contribution in [0.15, 0.2) is 24.3 Å². The van der Waals surface area contributed by atoms with E-state index in [0.29, 0.717) is 5.92 Å². The van der Waals surface area contributed by atoms with Crippen LogP contribution in [0.5, 0.6) is 5.75 Å². The Kier molecular flexibility index (Phi) is 5.62. The van der Waals surface area contributed by atoms with Crippen molar-refractivity contribution in [3.63, 3.8) is 0 Å². The number of rotatable bonds is 5. The van der Waals surface area contributed by atoms with E-state index in [9.17, 15) is 9.90 Å². The van der Waals surface area contributed by atoms with Crippen molar-refractivity contribution >= 4 is 5.91 Å². The fourth-order valence-electron chi connectivity index (χ4n) is 2.83. The Labute approximate surface area is 126 Å². The van der Waals surface area contributed by atoms with Gasteiger partial charge in [0.2, 0.25) is 0 Å². The molecule has 2 rings (SSSR count). The Morgan fingerprint density at radius 2 is 2.14 bits per heavy atom. The number of carbonyl (C=O) groups excluding carboxylic acids is 1. The SMILES string of the molecule is CC(C)c1ccccc1OCC(=O)N1CCCCC1CO. The number of carbonyl (C=O) groups is 1. The molecular weight excluding hydrogens is 266 g/mol. The van der Waals surface area contributed by atoms with Gasteiger partial charge in [0.05, 0.1) is 12.6 Å². The van der Waals surface area contributed by atoms with Crippen LogP contribution in [-0.2, 0) is 4.79 Å². The maximum Gasteiger partial charge on any atom is 0.260 e. The Morgan fingerprint density at radius 3 is 2.86 bits per heavy atom. The molecule has 4 heteroatoms. The number of aliphatic hydroxyl groups excluding tert-OH is 1. The van der Waals surface area contributed by atoms with Crippen LogP contribution >= 0.6 is 0 Å². The summed E-state index contributed by atoms with van der Waals surface area (Å²) in [6, 6.07) is 7.79. The summed E-state index contributed by atoms with van der Waals surface area (Å²) in [5.41, 5.74) is 1.11. The summed E-state index contributed by atoms with van der Waals surface area (Å²) in [6.07, 6.45) is 2.96. The molecule has 1 amide bonds. The van der Waals surface area contributed by atoms with E-state index in [4.69, 9.17) is 4.74 Å². The zero-order valence-electron chi connectivity index (χ0n) is 12.9. The number of nitrogens with zero attached hydrogens (tertiary/aromatic N) is 1. The van der Waals surface area contributed by atoms with Crippen LogP contribution in [0.4, 0.5) is 0 Å². The lowest BCUT2D eigenvalue weighted by molar-refractivity contribution is -0.138. The highest BCUT2D eigenvalue weighted by Gasteiger charge is 2.26. The van der Waals surface area contributed by atoms with Crippen molar-refractivity contribution in [2.24, 2.45) is 0 Å². The molecule has 116 valence electrons. The van der Waals surface area contributed by atoms with Gasteiger partial charge in [0, 0.05) is 6.54 Å². The summed E-state index contributed by atoms with van der Waals surface area (Å²) >= 11 is 0. The topological polar surface area (TPSA) is 49.8 Å². The first-order chi connectivity index (χ1) is 10.1. The van der Waals surface area contributed by atoms with Crippen LogP contribution in [0.25, 0.3) is 0 Å². The summed E-state index contributed by atoms with van der Waals surface area (Å²) in [7, 11) is 0. The van der Waals surface area contributed by atoms with Crippen molar-refractivity contribution in [2.75, 3.05) is 19.8 Å². The van der Waals surface area contributed by atoms with Gasteiger partial charge in [-0.3, -0.25) is 4.79 Å². The van der Waals surface area contributed by atoms with Crippen molar-refractivity contribution in [1.29, 1.82) is 0 Å². The number of hydrogen-bond donors (Lipinski definition) is 1. The lowest BCUT2D eigenvalue weighted by Crippen LogP contribution is -2.47. The third kappa shape index (κ3) is 3.97.